The molecule has 0 spiro atoms. The molecule has 1 amide bonds. The summed E-state index contributed by atoms with van der Waals surface area (Å²) in [7, 11) is 0. The third kappa shape index (κ3) is 4.64. The van der Waals surface area contributed by atoms with Gasteiger partial charge in [-0.05, 0) is 37.8 Å². The van der Waals surface area contributed by atoms with Gasteiger partial charge >= 0.3 is 0 Å². The van der Waals surface area contributed by atoms with Crippen LogP contribution in [0.25, 0.3) is 6.08 Å². The number of aromatic nitrogens is 1. The number of hydrogen-bond donors (Lipinski definition) is 1. The highest BCUT2D eigenvalue weighted by Gasteiger charge is 2.34. The molecule has 0 unspecified atom stereocenters. The van der Waals surface area contributed by atoms with E-state index in [0.717, 1.165) is 29.0 Å². The molecule has 5 heteroatoms. The molecule has 3 rings (SSSR count). The third-order valence-corrected chi connectivity index (χ3v) is 5.90. The molecular weight excluding hydrogens is 306 g/mol. The Hall–Kier alpha value is -1.20. The van der Waals surface area contributed by atoms with Crippen LogP contribution in [0.4, 0.5) is 0 Å². The van der Waals surface area contributed by atoms with E-state index in [1.807, 2.05) is 12.3 Å². The Bertz CT molecular complexity index is 583. The van der Waals surface area contributed by atoms with Crippen LogP contribution in [-0.4, -0.2) is 41.5 Å². The smallest absolute Gasteiger partial charge is 0.244 e. The fraction of sp³-hybridized carbons (Fsp3) is 0.667. The van der Waals surface area contributed by atoms with Gasteiger partial charge in [0.25, 0.3) is 0 Å². The highest BCUT2D eigenvalue weighted by Crippen LogP contribution is 2.31. The molecule has 0 bridgehead atoms. The van der Waals surface area contributed by atoms with Crippen molar-refractivity contribution in [3.63, 3.8) is 0 Å². The third-order valence-electron chi connectivity index (χ3n) is 4.51. The van der Waals surface area contributed by atoms with Gasteiger partial charge in [-0.3, -0.25) is 4.79 Å². The van der Waals surface area contributed by atoms with Crippen LogP contribution in [0, 0.1) is 5.92 Å². The van der Waals surface area contributed by atoms with Gasteiger partial charge in [0, 0.05) is 41.7 Å². The van der Waals surface area contributed by atoms with Gasteiger partial charge in [-0.2, -0.15) is 0 Å². The standard InChI is InChI=1S/C18H27N3OS/c1-18(2,3)17-20-11-15(23-17)6-7-16(22)19-10-13-8-9-21(12-13)14-4-5-14/h6-7,11,13-14H,4-5,8-10,12H2,1-3H3,(H,19,22)/b7-6+/t13-/m0/s1. The van der Waals surface area contributed by atoms with E-state index >= 15 is 0 Å². The van der Waals surface area contributed by atoms with Gasteiger partial charge in [0.15, 0.2) is 0 Å². The molecule has 1 saturated heterocycles. The highest BCUT2D eigenvalue weighted by molar-refractivity contribution is 7.12. The summed E-state index contributed by atoms with van der Waals surface area (Å²) in [6.07, 6.45) is 9.30. The second kappa shape index (κ2) is 6.73. The fourth-order valence-electron chi connectivity index (χ4n) is 2.97. The van der Waals surface area contributed by atoms with Crippen LogP contribution in [0.3, 0.4) is 0 Å². The minimum absolute atomic E-state index is 0.000538. The number of carbonyl (C=O) groups is 1. The van der Waals surface area contributed by atoms with Crippen molar-refractivity contribution in [1.29, 1.82) is 0 Å². The lowest BCUT2D eigenvalue weighted by molar-refractivity contribution is -0.116. The zero-order valence-corrected chi connectivity index (χ0v) is 15.2. The molecule has 0 aromatic carbocycles. The molecule has 0 radical (unpaired) electrons. The first-order chi connectivity index (χ1) is 10.9. The summed E-state index contributed by atoms with van der Waals surface area (Å²) in [4.78, 5) is 20.0. The molecule has 2 fully saturated rings. The van der Waals surface area contributed by atoms with Crippen LogP contribution in [0.15, 0.2) is 12.3 Å². The normalized spacial score (nSPS) is 22.8. The van der Waals surface area contributed by atoms with Gasteiger partial charge in [0.1, 0.15) is 0 Å². The Morgan fingerprint density at radius 2 is 2.22 bits per heavy atom. The maximum absolute atomic E-state index is 12.0. The van der Waals surface area contributed by atoms with Crippen molar-refractivity contribution in [3.05, 3.63) is 22.2 Å². The lowest BCUT2D eigenvalue weighted by Gasteiger charge is -2.14. The molecule has 1 N–H and O–H groups in total. The van der Waals surface area contributed by atoms with Crippen LogP contribution in [0.2, 0.25) is 0 Å². The molecule has 2 aliphatic rings. The number of hydrogen-bond acceptors (Lipinski definition) is 4. The maximum atomic E-state index is 12.0. The zero-order chi connectivity index (χ0) is 16.4. The molecule has 1 saturated carbocycles. The van der Waals surface area contributed by atoms with Crippen molar-refractivity contribution < 1.29 is 4.79 Å². The Morgan fingerprint density at radius 3 is 2.87 bits per heavy atom. The lowest BCUT2D eigenvalue weighted by atomic mass is 9.98. The maximum Gasteiger partial charge on any atom is 0.244 e. The molecule has 1 aromatic heterocycles. The van der Waals surface area contributed by atoms with Crippen LogP contribution in [-0.2, 0) is 10.2 Å². The molecule has 126 valence electrons. The van der Waals surface area contributed by atoms with Crippen molar-refractivity contribution in [2.24, 2.45) is 5.92 Å². The van der Waals surface area contributed by atoms with Gasteiger partial charge in [-0.1, -0.05) is 20.8 Å². The average molecular weight is 334 g/mol. The van der Waals surface area contributed by atoms with E-state index in [1.165, 1.54) is 25.8 Å². The number of nitrogens with zero attached hydrogens (tertiary/aromatic N) is 2. The van der Waals surface area contributed by atoms with Crippen molar-refractivity contribution in [2.45, 2.75) is 51.5 Å². The first kappa shape index (κ1) is 16.7. The first-order valence-corrected chi connectivity index (χ1v) is 9.40. The van der Waals surface area contributed by atoms with E-state index in [4.69, 9.17) is 0 Å². The SMILES string of the molecule is CC(C)(C)c1ncc(/C=C/C(=O)NC[C@@H]2CCN(C3CC3)C2)s1. The van der Waals surface area contributed by atoms with Gasteiger partial charge in [-0.15, -0.1) is 11.3 Å². The van der Waals surface area contributed by atoms with E-state index in [0.29, 0.717) is 5.92 Å². The second-order valence-electron chi connectivity index (χ2n) is 7.78. The van der Waals surface area contributed by atoms with Gasteiger partial charge < -0.3 is 10.2 Å². The summed E-state index contributed by atoms with van der Waals surface area (Å²) < 4.78 is 0. The largest absolute Gasteiger partial charge is 0.352 e. The van der Waals surface area contributed by atoms with Gasteiger partial charge in [0.2, 0.25) is 5.91 Å². The summed E-state index contributed by atoms with van der Waals surface area (Å²) >= 11 is 1.65. The molecule has 1 aliphatic carbocycles. The summed E-state index contributed by atoms with van der Waals surface area (Å²) in [5.41, 5.74) is 0.0644. The zero-order valence-electron chi connectivity index (χ0n) is 14.3. The molecule has 1 atom stereocenters. The Morgan fingerprint density at radius 1 is 1.43 bits per heavy atom. The number of amides is 1. The number of thiazole rings is 1. The number of rotatable bonds is 5. The molecule has 2 heterocycles. The number of nitrogens with one attached hydrogen (secondary N) is 1. The Kier molecular flexibility index (Phi) is 4.87. The average Bonchev–Trinajstić information content (AvgIpc) is 3.04. The van der Waals surface area contributed by atoms with E-state index in [-0.39, 0.29) is 11.3 Å². The van der Waals surface area contributed by atoms with Crippen molar-refractivity contribution in [1.82, 2.24) is 15.2 Å². The van der Waals surface area contributed by atoms with Gasteiger partial charge in [0.05, 0.1) is 5.01 Å². The Balaban J connectivity index is 1.43. The minimum Gasteiger partial charge on any atom is -0.352 e. The van der Waals surface area contributed by atoms with Crippen LogP contribution >= 0.6 is 11.3 Å². The van der Waals surface area contributed by atoms with E-state index < -0.39 is 0 Å². The number of carbonyl (C=O) groups excluding carboxylic acids is 1. The number of likely N-dealkylation sites (tertiary alicyclic amines) is 1. The van der Waals surface area contributed by atoms with E-state index in [1.54, 1.807) is 17.4 Å². The van der Waals surface area contributed by atoms with Crippen molar-refractivity contribution >= 4 is 23.3 Å². The first-order valence-electron chi connectivity index (χ1n) is 8.58. The molecular formula is C18H27N3OS. The predicted octanol–water partition coefficient (Wildman–Crippen LogP) is 3.05. The minimum atomic E-state index is 0.000538. The highest BCUT2D eigenvalue weighted by atomic mass is 32.1. The summed E-state index contributed by atoms with van der Waals surface area (Å²) in [6.45, 7) is 9.61. The molecule has 4 nitrogen and oxygen atoms in total. The monoisotopic (exact) mass is 333 g/mol. The molecule has 1 aromatic rings. The fourth-order valence-corrected chi connectivity index (χ4v) is 3.85. The Labute approximate surface area is 143 Å². The molecule has 1 aliphatic heterocycles. The summed E-state index contributed by atoms with van der Waals surface area (Å²) in [5, 5.41) is 4.14. The van der Waals surface area contributed by atoms with Gasteiger partial charge in [-0.25, -0.2) is 4.98 Å². The van der Waals surface area contributed by atoms with Crippen molar-refractivity contribution in [2.75, 3.05) is 19.6 Å². The predicted molar refractivity (Wildman–Crippen MR) is 95.6 cm³/mol. The summed E-state index contributed by atoms with van der Waals surface area (Å²) in [6, 6.07) is 0.846. The van der Waals surface area contributed by atoms with E-state index in [2.05, 4.69) is 36.0 Å². The quantitative estimate of drug-likeness (QED) is 0.843. The lowest BCUT2D eigenvalue weighted by Crippen LogP contribution is -2.30. The second-order valence-corrected chi connectivity index (χ2v) is 8.84. The van der Waals surface area contributed by atoms with Crippen LogP contribution in [0.1, 0.15) is 49.9 Å². The topological polar surface area (TPSA) is 45.2 Å². The van der Waals surface area contributed by atoms with Crippen LogP contribution < -0.4 is 5.32 Å². The van der Waals surface area contributed by atoms with Crippen LogP contribution in [0.5, 0.6) is 0 Å². The van der Waals surface area contributed by atoms with Crippen molar-refractivity contribution in [3.8, 4) is 0 Å². The summed E-state index contributed by atoms with van der Waals surface area (Å²) in [5.74, 6) is 0.615. The molecule has 23 heavy (non-hydrogen) atoms. The van der Waals surface area contributed by atoms with E-state index in [9.17, 15) is 4.79 Å².